The topological polar surface area (TPSA) is 78.9 Å². The van der Waals surface area contributed by atoms with Crippen LogP contribution in [0.25, 0.3) is 0 Å². The highest BCUT2D eigenvalue weighted by Gasteiger charge is 2.30. The molecule has 0 amide bonds. The van der Waals surface area contributed by atoms with Gasteiger partial charge >= 0.3 is 0 Å². The van der Waals surface area contributed by atoms with Crippen LogP contribution in [-0.2, 0) is 14.8 Å². The predicted molar refractivity (Wildman–Crippen MR) is 77.0 cm³/mol. The van der Waals surface area contributed by atoms with Gasteiger partial charge in [0, 0.05) is 13.1 Å². The monoisotopic (exact) mass is 306 g/mol. The zero-order valence-corrected chi connectivity index (χ0v) is 12.8. The van der Waals surface area contributed by atoms with Crippen LogP contribution in [0.4, 0.5) is 0 Å². The number of aliphatic hydroxyl groups excluding tert-OH is 1. The number of aliphatic hydroxyl groups is 1. The van der Waals surface area contributed by atoms with E-state index in [1.807, 2.05) is 0 Å². The molecule has 0 saturated carbocycles. The van der Waals surface area contributed by atoms with Crippen molar-refractivity contribution in [2.45, 2.75) is 31.8 Å². The van der Waals surface area contributed by atoms with Gasteiger partial charge in [-0.05, 0) is 44.7 Å². The van der Waals surface area contributed by atoms with Crippen LogP contribution >= 0.6 is 0 Å². The molecule has 2 N–H and O–H groups in total. The van der Waals surface area contributed by atoms with Crippen molar-refractivity contribution in [1.82, 2.24) is 9.62 Å². The van der Waals surface area contributed by atoms with Gasteiger partial charge in [-0.3, -0.25) is 0 Å². The highest BCUT2D eigenvalue weighted by atomic mass is 32.2. The van der Waals surface area contributed by atoms with Crippen molar-refractivity contribution in [3.05, 3.63) is 0 Å². The van der Waals surface area contributed by atoms with Crippen molar-refractivity contribution in [1.29, 1.82) is 0 Å². The standard InChI is InChI=1S/C13H26N2O4S/c16-9-10-19-13-3-7-15(8-4-13)20(17,18)11-12-1-5-14-6-2-12/h12-14,16H,1-11H2. The summed E-state index contributed by atoms with van der Waals surface area (Å²) in [5.41, 5.74) is 0. The summed E-state index contributed by atoms with van der Waals surface area (Å²) in [7, 11) is -3.13. The van der Waals surface area contributed by atoms with Crippen molar-refractivity contribution >= 4 is 10.0 Å². The zero-order valence-electron chi connectivity index (χ0n) is 12.0. The predicted octanol–water partition coefficient (Wildman–Crippen LogP) is -0.211. The molecule has 0 atom stereocenters. The first-order valence-electron chi connectivity index (χ1n) is 7.53. The maximum absolute atomic E-state index is 12.4. The third kappa shape index (κ3) is 4.66. The van der Waals surface area contributed by atoms with Crippen LogP contribution in [0.2, 0.25) is 0 Å². The van der Waals surface area contributed by atoms with Gasteiger partial charge in [-0.1, -0.05) is 0 Å². The van der Waals surface area contributed by atoms with E-state index >= 15 is 0 Å². The number of nitrogens with one attached hydrogen (secondary N) is 1. The third-order valence-corrected chi connectivity index (χ3v) is 6.19. The third-order valence-electron chi connectivity index (χ3n) is 4.14. The van der Waals surface area contributed by atoms with Gasteiger partial charge in [-0.2, -0.15) is 0 Å². The van der Waals surface area contributed by atoms with E-state index in [4.69, 9.17) is 9.84 Å². The number of ether oxygens (including phenoxy) is 1. The molecule has 0 aromatic carbocycles. The Morgan fingerprint density at radius 2 is 1.80 bits per heavy atom. The van der Waals surface area contributed by atoms with Crippen LogP contribution in [0.3, 0.4) is 0 Å². The van der Waals surface area contributed by atoms with Crippen LogP contribution in [0, 0.1) is 5.92 Å². The summed E-state index contributed by atoms with van der Waals surface area (Å²) in [4.78, 5) is 0. The molecule has 2 aliphatic rings. The number of rotatable bonds is 6. The summed E-state index contributed by atoms with van der Waals surface area (Å²) in [6.45, 7) is 3.31. The van der Waals surface area contributed by atoms with Crippen molar-refractivity contribution < 1.29 is 18.3 Å². The number of nitrogens with zero attached hydrogens (tertiary/aromatic N) is 1. The van der Waals surface area contributed by atoms with E-state index in [1.54, 1.807) is 4.31 Å². The van der Waals surface area contributed by atoms with Gasteiger partial charge in [-0.15, -0.1) is 0 Å². The SMILES string of the molecule is O=S(=O)(CC1CCNCC1)N1CCC(OCCO)CC1. The van der Waals surface area contributed by atoms with Crippen LogP contribution in [0.15, 0.2) is 0 Å². The molecule has 7 heteroatoms. The molecule has 2 heterocycles. The fourth-order valence-electron chi connectivity index (χ4n) is 2.95. The molecule has 0 aromatic heterocycles. The normalized spacial score (nSPS) is 24.1. The lowest BCUT2D eigenvalue weighted by atomic mass is 10.0. The lowest BCUT2D eigenvalue weighted by Crippen LogP contribution is -2.44. The minimum absolute atomic E-state index is 0.0221. The summed E-state index contributed by atoms with van der Waals surface area (Å²) < 4.78 is 31.9. The highest BCUT2D eigenvalue weighted by molar-refractivity contribution is 7.89. The fraction of sp³-hybridized carbons (Fsp3) is 1.00. The Labute approximate surface area is 121 Å². The minimum atomic E-state index is -3.13. The molecule has 2 aliphatic heterocycles. The lowest BCUT2D eigenvalue weighted by Gasteiger charge is -2.32. The maximum Gasteiger partial charge on any atom is 0.214 e. The molecular formula is C13H26N2O4S. The van der Waals surface area contributed by atoms with E-state index in [2.05, 4.69) is 5.32 Å². The molecule has 0 radical (unpaired) electrons. The average molecular weight is 306 g/mol. The Kier molecular flexibility index (Phi) is 6.22. The summed E-state index contributed by atoms with van der Waals surface area (Å²) in [5, 5.41) is 12.0. The van der Waals surface area contributed by atoms with E-state index in [9.17, 15) is 8.42 Å². The first-order chi connectivity index (χ1) is 9.62. The maximum atomic E-state index is 12.4. The van der Waals surface area contributed by atoms with E-state index in [1.165, 1.54) is 0 Å². The van der Waals surface area contributed by atoms with Gasteiger partial charge in [0.25, 0.3) is 0 Å². The minimum Gasteiger partial charge on any atom is -0.394 e. The molecule has 0 aromatic rings. The highest BCUT2D eigenvalue weighted by Crippen LogP contribution is 2.21. The summed E-state index contributed by atoms with van der Waals surface area (Å²) in [5.74, 6) is 0.584. The first kappa shape index (κ1) is 16.2. The van der Waals surface area contributed by atoms with Gasteiger partial charge in [0.2, 0.25) is 10.0 Å². The lowest BCUT2D eigenvalue weighted by molar-refractivity contribution is 0.00314. The zero-order chi connectivity index (χ0) is 14.4. The molecule has 2 fully saturated rings. The Morgan fingerprint density at radius 3 is 2.40 bits per heavy atom. The fourth-order valence-corrected chi connectivity index (χ4v) is 4.85. The van der Waals surface area contributed by atoms with Crippen molar-refractivity contribution in [2.24, 2.45) is 5.92 Å². The van der Waals surface area contributed by atoms with E-state index in [0.717, 1.165) is 38.8 Å². The molecule has 20 heavy (non-hydrogen) atoms. The molecule has 6 nitrogen and oxygen atoms in total. The van der Waals surface area contributed by atoms with Gasteiger partial charge < -0.3 is 15.2 Å². The van der Waals surface area contributed by atoms with Gasteiger partial charge in [0.15, 0.2) is 0 Å². The molecular weight excluding hydrogens is 280 g/mol. The number of sulfonamides is 1. The van der Waals surface area contributed by atoms with Gasteiger partial charge in [0.1, 0.15) is 0 Å². The Hall–Kier alpha value is -0.210. The van der Waals surface area contributed by atoms with Crippen molar-refractivity contribution in [3.8, 4) is 0 Å². The van der Waals surface area contributed by atoms with Crippen molar-refractivity contribution in [2.75, 3.05) is 45.1 Å². The van der Waals surface area contributed by atoms with Crippen LogP contribution in [0.5, 0.6) is 0 Å². The second-order valence-corrected chi connectivity index (χ2v) is 7.68. The van der Waals surface area contributed by atoms with E-state index in [-0.39, 0.29) is 18.5 Å². The molecule has 118 valence electrons. The average Bonchev–Trinajstić information content (AvgIpc) is 2.46. The number of hydrogen-bond donors (Lipinski definition) is 2. The largest absolute Gasteiger partial charge is 0.394 e. The molecule has 2 saturated heterocycles. The molecule has 0 aliphatic carbocycles. The molecule has 0 unspecified atom stereocenters. The summed E-state index contributed by atoms with van der Waals surface area (Å²) in [6.07, 6.45) is 3.45. The second kappa shape index (κ2) is 7.70. The van der Waals surface area contributed by atoms with Gasteiger partial charge in [0.05, 0.1) is 25.1 Å². The number of hydrogen-bond acceptors (Lipinski definition) is 5. The van der Waals surface area contributed by atoms with Crippen molar-refractivity contribution in [3.63, 3.8) is 0 Å². The van der Waals surface area contributed by atoms with Crippen LogP contribution in [-0.4, -0.2) is 69.1 Å². The Morgan fingerprint density at radius 1 is 1.15 bits per heavy atom. The van der Waals surface area contributed by atoms with Crippen LogP contribution in [0.1, 0.15) is 25.7 Å². The van der Waals surface area contributed by atoms with E-state index < -0.39 is 10.0 Å². The summed E-state index contributed by atoms with van der Waals surface area (Å²) in [6, 6.07) is 0. The molecule has 0 spiro atoms. The van der Waals surface area contributed by atoms with Gasteiger partial charge in [-0.25, -0.2) is 12.7 Å². The molecule has 0 bridgehead atoms. The Balaban J connectivity index is 1.79. The molecule has 2 rings (SSSR count). The Bertz CT molecular complexity index is 374. The van der Waals surface area contributed by atoms with Crippen LogP contribution < -0.4 is 5.32 Å². The second-order valence-electron chi connectivity index (χ2n) is 5.66. The quantitative estimate of drug-likeness (QED) is 0.710. The first-order valence-corrected chi connectivity index (χ1v) is 9.14. The van der Waals surface area contributed by atoms with E-state index in [0.29, 0.717) is 25.6 Å². The smallest absolute Gasteiger partial charge is 0.214 e. The summed E-state index contributed by atoms with van der Waals surface area (Å²) >= 11 is 0. The number of piperidine rings is 2.